The number of methoxy groups -OCH3 is 1. The minimum Gasteiger partial charge on any atom is -0.487 e. The van der Waals surface area contributed by atoms with Crippen molar-refractivity contribution in [2.24, 2.45) is 0 Å². The van der Waals surface area contributed by atoms with Gasteiger partial charge in [-0.1, -0.05) is 80.9 Å². The van der Waals surface area contributed by atoms with E-state index in [1.165, 1.54) is 20.2 Å². The highest BCUT2D eigenvalue weighted by Crippen LogP contribution is 2.39. The summed E-state index contributed by atoms with van der Waals surface area (Å²) in [7, 11) is 1.23. The topological polar surface area (TPSA) is 74.6 Å². The van der Waals surface area contributed by atoms with Gasteiger partial charge in [0.15, 0.2) is 11.5 Å². The molecule has 0 spiro atoms. The number of ketones is 1. The lowest BCUT2D eigenvalue weighted by Crippen LogP contribution is -2.30. The average Bonchev–Trinajstić information content (AvgIpc) is 2.88. The van der Waals surface area contributed by atoms with Crippen molar-refractivity contribution in [2.75, 3.05) is 13.7 Å². The van der Waals surface area contributed by atoms with Gasteiger partial charge < -0.3 is 14.0 Å². The van der Waals surface area contributed by atoms with Crippen molar-refractivity contribution in [3.63, 3.8) is 0 Å². The lowest BCUT2D eigenvalue weighted by Gasteiger charge is -2.32. The number of ether oxygens (including phenoxy) is 2. The molecular weight excluding hydrogens is 442 g/mol. The van der Waals surface area contributed by atoms with Crippen LogP contribution in [0.4, 0.5) is 0 Å². The molecule has 1 aromatic heterocycles. The highest BCUT2D eigenvalue weighted by molar-refractivity contribution is 5.97. The molecule has 2 aromatic carbocycles. The number of hydrogen-bond acceptors (Lipinski definition) is 5. The van der Waals surface area contributed by atoms with Crippen LogP contribution >= 0.6 is 0 Å². The van der Waals surface area contributed by atoms with Gasteiger partial charge >= 0.3 is 5.97 Å². The maximum Gasteiger partial charge on any atom is 0.343 e. The normalized spacial score (nSPS) is 11.8. The van der Waals surface area contributed by atoms with Crippen LogP contribution in [0.1, 0.15) is 84.0 Å². The number of hydrogen-bond donors (Lipinski definition) is 0. The average molecular weight is 476 g/mol. The van der Waals surface area contributed by atoms with Gasteiger partial charge in [0.25, 0.3) is 0 Å². The zero-order chi connectivity index (χ0) is 25.4. The summed E-state index contributed by atoms with van der Waals surface area (Å²) in [6.07, 6.45) is 3.67. The van der Waals surface area contributed by atoms with Gasteiger partial charge in [0.05, 0.1) is 13.7 Å². The molecule has 1 atom stereocenters. The van der Waals surface area contributed by atoms with E-state index in [1.54, 1.807) is 4.57 Å². The summed E-state index contributed by atoms with van der Waals surface area (Å²) >= 11 is 0. The minimum atomic E-state index is -0.759. The number of unbranched alkanes of at least 4 members (excludes halogenated alkanes) is 1. The second kappa shape index (κ2) is 12.2. The quantitative estimate of drug-likeness (QED) is 0.199. The van der Waals surface area contributed by atoms with Gasteiger partial charge in [0.2, 0.25) is 5.43 Å². The summed E-state index contributed by atoms with van der Waals surface area (Å²) in [6.45, 7) is 5.73. The maximum absolute atomic E-state index is 13.3. The van der Waals surface area contributed by atoms with Crippen LogP contribution in [-0.2, 0) is 4.74 Å². The third kappa shape index (κ3) is 5.70. The first kappa shape index (κ1) is 25.9. The van der Waals surface area contributed by atoms with Crippen molar-refractivity contribution in [1.82, 2.24) is 4.57 Å². The molecule has 6 nitrogen and oxygen atoms in total. The number of aromatic nitrogens is 1. The molecule has 0 unspecified atom stereocenters. The van der Waals surface area contributed by atoms with E-state index in [-0.39, 0.29) is 41.4 Å². The molecule has 184 valence electrons. The second-order valence-electron chi connectivity index (χ2n) is 8.48. The van der Waals surface area contributed by atoms with Gasteiger partial charge in [-0.3, -0.25) is 9.59 Å². The van der Waals surface area contributed by atoms with E-state index in [0.717, 1.165) is 17.5 Å². The van der Waals surface area contributed by atoms with Crippen molar-refractivity contribution < 1.29 is 19.1 Å². The van der Waals surface area contributed by atoms with Crippen molar-refractivity contribution >= 4 is 11.8 Å². The molecule has 3 rings (SSSR count). The summed E-state index contributed by atoms with van der Waals surface area (Å²) in [5.41, 5.74) is 1.52. The molecular formula is C29H33NO5. The molecule has 0 saturated heterocycles. The van der Waals surface area contributed by atoms with Crippen LogP contribution < -0.4 is 10.2 Å². The Kier molecular flexibility index (Phi) is 9.01. The number of benzene rings is 2. The summed E-state index contributed by atoms with van der Waals surface area (Å²) in [4.78, 5) is 38.8. The van der Waals surface area contributed by atoms with Crippen molar-refractivity contribution in [1.29, 1.82) is 0 Å². The fourth-order valence-corrected chi connectivity index (χ4v) is 4.47. The summed E-state index contributed by atoms with van der Waals surface area (Å²) in [5.74, 6) is -1.29. The monoisotopic (exact) mass is 475 g/mol. The van der Waals surface area contributed by atoms with E-state index in [2.05, 4.69) is 24.3 Å². The standard InChI is InChI=1S/C29H33NO5/c1-5-7-18-35-28-26(20(3)31)30(19-23(27(28)32)29(33)34-4)24(6-2)25(21-14-10-8-11-15-21)22-16-12-9-13-17-22/h8-17,19,24-25H,5-7,18H2,1-4H3/t24-/m1/s1. The molecule has 0 saturated carbocycles. The first-order chi connectivity index (χ1) is 16.9. The number of nitrogens with zero attached hydrogens (tertiary/aromatic N) is 1. The van der Waals surface area contributed by atoms with Crippen LogP contribution in [-0.4, -0.2) is 30.0 Å². The Morgan fingerprint density at radius 1 is 0.943 bits per heavy atom. The largest absolute Gasteiger partial charge is 0.487 e. The van der Waals surface area contributed by atoms with Gasteiger partial charge in [0.1, 0.15) is 11.3 Å². The molecule has 0 radical (unpaired) electrons. The Hall–Kier alpha value is -3.67. The Morgan fingerprint density at radius 3 is 1.97 bits per heavy atom. The zero-order valence-corrected chi connectivity index (χ0v) is 20.8. The summed E-state index contributed by atoms with van der Waals surface area (Å²) < 4.78 is 12.5. The fourth-order valence-electron chi connectivity index (χ4n) is 4.47. The first-order valence-corrected chi connectivity index (χ1v) is 12.1. The Bertz CT molecular complexity index is 1160. The van der Waals surface area contributed by atoms with E-state index in [9.17, 15) is 14.4 Å². The van der Waals surface area contributed by atoms with Crippen LogP contribution in [0.2, 0.25) is 0 Å². The molecule has 35 heavy (non-hydrogen) atoms. The van der Waals surface area contributed by atoms with E-state index in [1.807, 2.05) is 50.2 Å². The van der Waals surface area contributed by atoms with Crippen LogP contribution in [0.25, 0.3) is 0 Å². The molecule has 3 aromatic rings. The highest BCUT2D eigenvalue weighted by Gasteiger charge is 2.31. The predicted molar refractivity (Wildman–Crippen MR) is 137 cm³/mol. The Morgan fingerprint density at radius 2 is 1.51 bits per heavy atom. The number of carbonyl (C=O) groups excluding carboxylic acids is 2. The smallest absolute Gasteiger partial charge is 0.343 e. The van der Waals surface area contributed by atoms with Crippen LogP contribution in [0, 0.1) is 0 Å². The van der Waals surface area contributed by atoms with Gasteiger partial charge in [0, 0.05) is 25.1 Å². The molecule has 0 aliphatic heterocycles. The highest BCUT2D eigenvalue weighted by atomic mass is 16.5. The fraction of sp³-hybridized carbons (Fsp3) is 0.345. The predicted octanol–water partition coefficient (Wildman–Crippen LogP) is 5.80. The second-order valence-corrected chi connectivity index (χ2v) is 8.48. The SMILES string of the molecule is CCCCOc1c(C(C)=O)n([C@H](CC)C(c2ccccc2)c2ccccc2)cc(C(=O)OC)c1=O. The van der Waals surface area contributed by atoms with Crippen molar-refractivity contribution in [3.8, 4) is 5.75 Å². The number of esters is 1. The molecule has 6 heteroatoms. The lowest BCUT2D eigenvalue weighted by molar-refractivity contribution is 0.0596. The number of rotatable bonds is 11. The van der Waals surface area contributed by atoms with E-state index in [4.69, 9.17) is 9.47 Å². The van der Waals surface area contributed by atoms with Crippen LogP contribution in [0.5, 0.6) is 5.75 Å². The zero-order valence-electron chi connectivity index (χ0n) is 20.8. The van der Waals surface area contributed by atoms with Gasteiger partial charge in [-0.15, -0.1) is 0 Å². The van der Waals surface area contributed by atoms with Crippen LogP contribution in [0.3, 0.4) is 0 Å². The van der Waals surface area contributed by atoms with E-state index < -0.39 is 11.4 Å². The van der Waals surface area contributed by atoms with Crippen LogP contribution in [0.15, 0.2) is 71.7 Å². The van der Waals surface area contributed by atoms with Crippen molar-refractivity contribution in [2.45, 2.75) is 52.0 Å². The number of carbonyl (C=O) groups is 2. The summed E-state index contributed by atoms with van der Waals surface area (Å²) in [6, 6.07) is 19.8. The Labute approximate surface area is 206 Å². The van der Waals surface area contributed by atoms with Gasteiger partial charge in [-0.25, -0.2) is 4.79 Å². The third-order valence-corrected chi connectivity index (χ3v) is 6.15. The van der Waals surface area contributed by atoms with Crippen molar-refractivity contribution in [3.05, 3.63) is 99.5 Å². The molecule has 1 heterocycles. The molecule has 0 N–H and O–H groups in total. The number of pyridine rings is 1. The van der Waals surface area contributed by atoms with Gasteiger partial charge in [-0.05, 0) is 24.0 Å². The Balaban J connectivity index is 2.33. The number of Topliss-reactive ketones (excluding diaryl/α,β-unsaturated/α-hetero) is 1. The third-order valence-electron chi connectivity index (χ3n) is 6.15. The lowest BCUT2D eigenvalue weighted by atomic mass is 9.83. The van der Waals surface area contributed by atoms with E-state index in [0.29, 0.717) is 12.8 Å². The molecule has 0 amide bonds. The molecule has 0 aliphatic carbocycles. The molecule has 0 aliphatic rings. The van der Waals surface area contributed by atoms with Gasteiger partial charge in [-0.2, -0.15) is 0 Å². The summed E-state index contributed by atoms with van der Waals surface area (Å²) in [5, 5.41) is 0. The molecule has 0 fully saturated rings. The molecule has 0 bridgehead atoms. The minimum absolute atomic E-state index is 0.0906. The first-order valence-electron chi connectivity index (χ1n) is 12.1. The van der Waals surface area contributed by atoms with E-state index >= 15 is 0 Å². The maximum atomic E-state index is 13.3.